The summed E-state index contributed by atoms with van der Waals surface area (Å²) in [4.78, 5) is 37.9. The molecule has 6 atom stereocenters. The third-order valence-electron chi connectivity index (χ3n) is 5.26. The highest BCUT2D eigenvalue weighted by molar-refractivity contribution is 8.09. The summed E-state index contributed by atoms with van der Waals surface area (Å²) < 4.78 is 38.9. The molecule has 0 saturated carbocycles. The van der Waals surface area contributed by atoms with Gasteiger partial charge in [0.2, 0.25) is 0 Å². The minimum atomic E-state index is -3.47. The fourth-order valence-corrected chi connectivity index (χ4v) is 5.89. The molecule has 0 aliphatic carbocycles. The lowest BCUT2D eigenvalue weighted by molar-refractivity contribution is -0.149. The Morgan fingerprint density at radius 3 is 2.58 bits per heavy atom. The largest absolute Gasteiger partial charge is 0.462 e. The summed E-state index contributed by atoms with van der Waals surface area (Å²) in [7, 11) is 0. The molecule has 1 fully saturated rings. The van der Waals surface area contributed by atoms with Crippen molar-refractivity contribution in [3.8, 4) is 5.75 Å². The van der Waals surface area contributed by atoms with Crippen molar-refractivity contribution in [1.82, 2.24) is 14.6 Å². The monoisotopic (exact) mass is 545 g/mol. The van der Waals surface area contributed by atoms with Gasteiger partial charge in [-0.2, -0.15) is 0 Å². The van der Waals surface area contributed by atoms with Gasteiger partial charge in [0.25, 0.3) is 5.56 Å². The predicted molar refractivity (Wildman–Crippen MR) is 132 cm³/mol. The standard InChI is InChI=1S/C22H29FN3O8PS/c1-13(2)32-19(29)14(3)25-35(36,34-15-8-6-5-7-9-15)31-12-16-18(28)22(4,23)20(33-16)26-11-10-17(27)24-21(26)30/h5-11,13-14,16,18,20,28H,12H2,1-4H3,(H,25,36)(H,24,27,30)/t14-,16-,18-,20-,22-,35?/m1/s1. The summed E-state index contributed by atoms with van der Waals surface area (Å²) in [5, 5.41) is 13.5. The highest BCUT2D eigenvalue weighted by Crippen LogP contribution is 2.47. The zero-order valence-corrected chi connectivity index (χ0v) is 21.8. The van der Waals surface area contributed by atoms with Crippen LogP contribution in [0.5, 0.6) is 5.75 Å². The lowest BCUT2D eigenvalue weighted by Crippen LogP contribution is -2.43. The van der Waals surface area contributed by atoms with Gasteiger partial charge in [0.15, 0.2) is 11.9 Å². The van der Waals surface area contributed by atoms with E-state index in [2.05, 4.69) is 5.09 Å². The Morgan fingerprint density at radius 2 is 1.97 bits per heavy atom. The van der Waals surface area contributed by atoms with Gasteiger partial charge in [0.05, 0.1) is 12.7 Å². The number of aromatic nitrogens is 2. The summed E-state index contributed by atoms with van der Waals surface area (Å²) in [6, 6.07) is 8.62. The van der Waals surface area contributed by atoms with E-state index in [1.807, 2.05) is 4.98 Å². The Bertz CT molecular complexity index is 1220. The van der Waals surface area contributed by atoms with E-state index in [1.165, 1.54) is 6.92 Å². The topological polar surface area (TPSA) is 141 Å². The Labute approximate surface area is 211 Å². The van der Waals surface area contributed by atoms with Crippen molar-refractivity contribution < 1.29 is 32.8 Å². The Balaban J connectivity index is 1.80. The SMILES string of the molecule is CC(C)OC(=O)[C@@H](C)NP(=S)(OC[C@H]1O[C@@H](n2ccc(=O)[nH]c2=O)[C@](C)(F)[C@@H]1O)Oc1ccccc1. The van der Waals surface area contributed by atoms with E-state index in [0.717, 1.165) is 23.8 Å². The van der Waals surface area contributed by atoms with Crippen molar-refractivity contribution in [3.05, 3.63) is 63.4 Å². The number of nitrogens with one attached hydrogen (secondary N) is 2. The van der Waals surface area contributed by atoms with Crippen LogP contribution in [0.2, 0.25) is 0 Å². The zero-order chi connectivity index (χ0) is 26.7. The normalized spacial score (nSPS) is 26.4. The number of aliphatic hydroxyl groups excluding tert-OH is 1. The summed E-state index contributed by atoms with van der Waals surface area (Å²) in [6.07, 6.45) is -3.80. The van der Waals surface area contributed by atoms with E-state index in [1.54, 1.807) is 44.2 Å². The number of benzene rings is 1. The van der Waals surface area contributed by atoms with E-state index < -0.39 is 60.6 Å². The summed E-state index contributed by atoms with van der Waals surface area (Å²) in [5.74, 6) is -0.218. The molecule has 0 bridgehead atoms. The van der Waals surface area contributed by atoms with Crippen LogP contribution in [-0.2, 0) is 30.6 Å². The van der Waals surface area contributed by atoms with Crippen molar-refractivity contribution in [3.63, 3.8) is 0 Å². The summed E-state index contributed by atoms with van der Waals surface area (Å²) >= 11 is 5.60. The van der Waals surface area contributed by atoms with E-state index in [9.17, 15) is 19.5 Å². The van der Waals surface area contributed by atoms with E-state index in [-0.39, 0.29) is 6.10 Å². The van der Waals surface area contributed by atoms with Crippen LogP contribution < -0.4 is 20.9 Å². The van der Waals surface area contributed by atoms with Gasteiger partial charge < -0.3 is 23.6 Å². The molecule has 11 nitrogen and oxygen atoms in total. The molecule has 1 aromatic carbocycles. The smallest absolute Gasteiger partial charge is 0.330 e. The highest BCUT2D eigenvalue weighted by Gasteiger charge is 2.55. The van der Waals surface area contributed by atoms with Crippen LogP contribution in [0.15, 0.2) is 52.2 Å². The Kier molecular flexibility index (Phi) is 8.86. The average Bonchev–Trinajstić information content (AvgIpc) is 3.01. The molecule has 2 aromatic rings. The average molecular weight is 546 g/mol. The van der Waals surface area contributed by atoms with Gasteiger partial charge in [-0.05, 0) is 51.6 Å². The van der Waals surface area contributed by atoms with Gasteiger partial charge in [-0.25, -0.2) is 14.3 Å². The molecular weight excluding hydrogens is 516 g/mol. The number of carbonyl (C=O) groups excluding carboxylic acids is 1. The molecule has 1 aliphatic heterocycles. The molecule has 1 unspecified atom stereocenters. The second-order valence-electron chi connectivity index (χ2n) is 8.67. The number of aliphatic hydroxyl groups is 1. The number of alkyl halides is 1. The number of esters is 1. The third-order valence-corrected chi connectivity index (χ3v) is 7.76. The molecule has 0 spiro atoms. The summed E-state index contributed by atoms with van der Waals surface area (Å²) in [6.45, 7) is 2.10. The van der Waals surface area contributed by atoms with Crippen LogP contribution in [0.1, 0.15) is 33.9 Å². The number of ether oxygens (including phenoxy) is 2. The third kappa shape index (κ3) is 6.67. The molecule has 3 N–H and O–H groups in total. The van der Waals surface area contributed by atoms with Crippen molar-refractivity contribution in [1.29, 1.82) is 0 Å². The molecule has 0 radical (unpaired) electrons. The quantitative estimate of drug-likeness (QED) is 0.299. The molecule has 14 heteroatoms. The molecule has 3 rings (SSSR count). The minimum Gasteiger partial charge on any atom is -0.462 e. The zero-order valence-electron chi connectivity index (χ0n) is 20.1. The van der Waals surface area contributed by atoms with Crippen LogP contribution in [0.3, 0.4) is 0 Å². The summed E-state index contributed by atoms with van der Waals surface area (Å²) in [5.41, 5.74) is -3.98. The fourth-order valence-electron chi connectivity index (χ4n) is 3.47. The van der Waals surface area contributed by atoms with Gasteiger partial charge >= 0.3 is 18.3 Å². The second-order valence-corrected chi connectivity index (χ2v) is 11.8. The van der Waals surface area contributed by atoms with Gasteiger partial charge in [-0.3, -0.25) is 19.1 Å². The fraction of sp³-hybridized carbons (Fsp3) is 0.500. The molecule has 36 heavy (non-hydrogen) atoms. The van der Waals surface area contributed by atoms with Gasteiger partial charge in [-0.15, -0.1) is 0 Å². The predicted octanol–water partition coefficient (Wildman–Crippen LogP) is 1.77. The van der Waals surface area contributed by atoms with Gasteiger partial charge in [0.1, 0.15) is 24.0 Å². The number of carbonyl (C=O) groups is 1. The number of aromatic amines is 1. The number of rotatable bonds is 10. The van der Waals surface area contributed by atoms with Crippen LogP contribution >= 0.6 is 6.64 Å². The molecule has 198 valence electrons. The lowest BCUT2D eigenvalue weighted by Gasteiger charge is -2.28. The van der Waals surface area contributed by atoms with Crippen LogP contribution in [0.25, 0.3) is 0 Å². The van der Waals surface area contributed by atoms with Crippen molar-refractivity contribution in [2.45, 2.75) is 63.9 Å². The van der Waals surface area contributed by atoms with Crippen LogP contribution in [0, 0.1) is 0 Å². The maximum Gasteiger partial charge on any atom is 0.330 e. The van der Waals surface area contributed by atoms with Gasteiger partial charge in [-0.1, -0.05) is 18.2 Å². The number of hydrogen-bond acceptors (Lipinski definition) is 9. The van der Waals surface area contributed by atoms with E-state index in [4.69, 9.17) is 30.3 Å². The first kappa shape index (κ1) is 28.2. The first-order valence-corrected chi connectivity index (χ1v) is 13.8. The maximum atomic E-state index is 15.5. The molecule has 0 amide bonds. The number of para-hydroxylation sites is 1. The first-order chi connectivity index (χ1) is 16.8. The lowest BCUT2D eigenvalue weighted by atomic mass is 9.98. The van der Waals surface area contributed by atoms with Gasteiger partial charge in [0, 0.05) is 12.3 Å². The maximum absolute atomic E-state index is 15.5. The van der Waals surface area contributed by atoms with E-state index in [0.29, 0.717) is 5.75 Å². The number of H-pyrrole nitrogens is 1. The minimum absolute atomic E-state index is 0.354. The molecule has 1 aromatic heterocycles. The number of hydrogen-bond donors (Lipinski definition) is 3. The molecule has 2 heterocycles. The van der Waals surface area contributed by atoms with E-state index >= 15 is 4.39 Å². The number of nitrogens with zero attached hydrogens (tertiary/aromatic N) is 1. The second kappa shape index (κ2) is 11.3. The van der Waals surface area contributed by atoms with Crippen molar-refractivity contribution in [2.24, 2.45) is 0 Å². The molecule has 1 aliphatic rings. The first-order valence-electron chi connectivity index (χ1n) is 11.1. The number of halogens is 1. The van der Waals surface area contributed by atoms with Crippen LogP contribution in [-0.4, -0.2) is 57.3 Å². The van der Waals surface area contributed by atoms with Crippen LogP contribution in [0.4, 0.5) is 4.39 Å². The van der Waals surface area contributed by atoms with Crippen molar-refractivity contribution >= 4 is 24.4 Å². The Hall–Kier alpha value is -2.41. The Morgan fingerprint density at radius 1 is 1.31 bits per heavy atom. The highest BCUT2D eigenvalue weighted by atomic mass is 32.5. The molecular formula is C22H29FN3O8PS. The van der Waals surface area contributed by atoms with Crippen molar-refractivity contribution in [2.75, 3.05) is 6.61 Å². The molecule has 1 saturated heterocycles.